The van der Waals surface area contributed by atoms with Gasteiger partial charge in [-0.15, -0.1) is 0 Å². The number of nitrogens with zero attached hydrogens (tertiary/aromatic N) is 2. The molecule has 0 saturated carbocycles. The molecule has 166 valence electrons. The summed E-state index contributed by atoms with van der Waals surface area (Å²) in [5.41, 5.74) is 2.10. The number of para-hydroxylation sites is 2. The highest BCUT2D eigenvalue weighted by molar-refractivity contribution is 7.89. The van der Waals surface area contributed by atoms with Crippen molar-refractivity contribution < 1.29 is 17.9 Å². The summed E-state index contributed by atoms with van der Waals surface area (Å²) in [6.45, 7) is 5.36. The largest absolute Gasteiger partial charge is 0.378 e. The second-order valence-corrected chi connectivity index (χ2v) is 9.95. The molecule has 2 heterocycles. The summed E-state index contributed by atoms with van der Waals surface area (Å²) in [4.78, 5) is 15.3. The summed E-state index contributed by atoms with van der Waals surface area (Å²) < 4.78 is 33.0. The van der Waals surface area contributed by atoms with Crippen molar-refractivity contribution >= 4 is 27.3 Å². The highest BCUT2D eigenvalue weighted by Crippen LogP contribution is 2.28. The third-order valence-corrected chi connectivity index (χ3v) is 8.00. The summed E-state index contributed by atoms with van der Waals surface area (Å²) in [7, 11) is -3.55. The lowest BCUT2D eigenvalue weighted by molar-refractivity contribution is 0.102. The second kappa shape index (κ2) is 9.38. The van der Waals surface area contributed by atoms with Crippen LogP contribution in [0.25, 0.3) is 0 Å². The Bertz CT molecular complexity index is 1020. The molecule has 31 heavy (non-hydrogen) atoms. The predicted octanol–water partition coefficient (Wildman–Crippen LogP) is 3.34. The quantitative estimate of drug-likeness (QED) is 0.767. The average Bonchev–Trinajstić information content (AvgIpc) is 2.80. The van der Waals surface area contributed by atoms with Crippen LogP contribution in [0.3, 0.4) is 0 Å². The fourth-order valence-corrected chi connectivity index (χ4v) is 5.90. The van der Waals surface area contributed by atoms with E-state index in [9.17, 15) is 13.2 Å². The van der Waals surface area contributed by atoms with Gasteiger partial charge in [0, 0.05) is 31.2 Å². The first-order chi connectivity index (χ1) is 15.0. The molecule has 0 radical (unpaired) electrons. The van der Waals surface area contributed by atoms with Crippen LogP contribution < -0.4 is 10.2 Å². The lowest BCUT2D eigenvalue weighted by atomic mass is 10.1. The number of hydrogen-bond donors (Lipinski definition) is 1. The van der Waals surface area contributed by atoms with Gasteiger partial charge in [-0.3, -0.25) is 4.79 Å². The Kier molecular flexibility index (Phi) is 6.60. The summed E-state index contributed by atoms with van der Waals surface area (Å²) in [5.74, 6) is -0.268. The van der Waals surface area contributed by atoms with Gasteiger partial charge in [0.05, 0.1) is 29.5 Å². The van der Waals surface area contributed by atoms with Gasteiger partial charge in [-0.05, 0) is 56.2 Å². The molecular weight excluding hydrogens is 414 g/mol. The summed E-state index contributed by atoms with van der Waals surface area (Å²) in [5, 5.41) is 2.97. The van der Waals surface area contributed by atoms with Crippen LogP contribution in [-0.4, -0.2) is 57.5 Å². The van der Waals surface area contributed by atoms with Crippen molar-refractivity contribution in [2.75, 3.05) is 43.1 Å². The molecule has 0 aromatic heterocycles. The molecule has 1 atom stereocenters. The molecule has 0 unspecified atom stereocenters. The van der Waals surface area contributed by atoms with Crippen molar-refractivity contribution in [2.24, 2.45) is 0 Å². The van der Waals surface area contributed by atoms with Gasteiger partial charge in [-0.1, -0.05) is 18.6 Å². The van der Waals surface area contributed by atoms with Crippen molar-refractivity contribution in [3.8, 4) is 0 Å². The van der Waals surface area contributed by atoms with Gasteiger partial charge in [0.25, 0.3) is 5.91 Å². The fourth-order valence-electron chi connectivity index (χ4n) is 4.20. The second-order valence-electron chi connectivity index (χ2n) is 8.06. The maximum atomic E-state index is 13.0. The number of amides is 1. The van der Waals surface area contributed by atoms with Crippen molar-refractivity contribution in [1.82, 2.24) is 4.31 Å². The van der Waals surface area contributed by atoms with E-state index in [1.807, 2.05) is 31.2 Å². The minimum absolute atomic E-state index is 0.00147. The van der Waals surface area contributed by atoms with E-state index >= 15 is 0 Å². The Hall–Kier alpha value is -2.42. The third-order valence-electron chi connectivity index (χ3n) is 5.97. The molecule has 2 aromatic rings. The highest BCUT2D eigenvalue weighted by Gasteiger charge is 2.31. The van der Waals surface area contributed by atoms with E-state index in [0.717, 1.165) is 43.7 Å². The first-order valence-corrected chi connectivity index (χ1v) is 12.3. The molecule has 2 aromatic carbocycles. The molecule has 0 spiro atoms. The number of carbonyl (C=O) groups is 1. The van der Waals surface area contributed by atoms with E-state index in [1.54, 1.807) is 16.4 Å². The number of rotatable bonds is 5. The SMILES string of the molecule is C[C@@H]1CCCCN1S(=O)(=O)c1ccc(C(=O)Nc2ccccc2N2CCOCC2)cc1. The molecule has 0 bridgehead atoms. The number of anilines is 2. The van der Waals surface area contributed by atoms with Gasteiger partial charge < -0.3 is 15.0 Å². The molecule has 0 aliphatic carbocycles. The number of nitrogens with one attached hydrogen (secondary N) is 1. The number of carbonyl (C=O) groups excluding carboxylic acids is 1. The number of ether oxygens (including phenoxy) is 1. The summed E-state index contributed by atoms with van der Waals surface area (Å²) >= 11 is 0. The van der Waals surface area contributed by atoms with Gasteiger partial charge in [-0.2, -0.15) is 4.31 Å². The van der Waals surface area contributed by atoms with Crippen molar-refractivity contribution in [1.29, 1.82) is 0 Å². The van der Waals surface area contributed by atoms with E-state index < -0.39 is 10.0 Å². The van der Waals surface area contributed by atoms with Crippen LogP contribution in [0.15, 0.2) is 53.4 Å². The maximum absolute atomic E-state index is 13.0. The number of piperidine rings is 1. The minimum atomic E-state index is -3.55. The molecule has 2 fully saturated rings. The van der Waals surface area contributed by atoms with Crippen molar-refractivity contribution in [3.05, 3.63) is 54.1 Å². The Labute approximate surface area is 184 Å². The van der Waals surface area contributed by atoms with E-state index in [0.29, 0.717) is 25.3 Å². The monoisotopic (exact) mass is 443 g/mol. The normalized spacial score (nSPS) is 20.4. The van der Waals surface area contributed by atoms with Gasteiger partial charge in [-0.25, -0.2) is 8.42 Å². The Balaban J connectivity index is 1.49. The Morgan fingerprint density at radius 2 is 1.71 bits per heavy atom. The average molecular weight is 444 g/mol. The Morgan fingerprint density at radius 3 is 2.42 bits per heavy atom. The number of morpholine rings is 1. The van der Waals surface area contributed by atoms with E-state index in [2.05, 4.69) is 10.2 Å². The first-order valence-electron chi connectivity index (χ1n) is 10.8. The lowest BCUT2D eigenvalue weighted by Crippen LogP contribution is -2.41. The fraction of sp³-hybridized carbons (Fsp3) is 0.435. The van der Waals surface area contributed by atoms with E-state index in [-0.39, 0.29) is 16.8 Å². The van der Waals surface area contributed by atoms with E-state index in [4.69, 9.17) is 4.74 Å². The van der Waals surface area contributed by atoms with Crippen LogP contribution >= 0.6 is 0 Å². The van der Waals surface area contributed by atoms with Crippen molar-refractivity contribution in [3.63, 3.8) is 0 Å². The molecule has 7 nitrogen and oxygen atoms in total. The molecule has 4 rings (SSSR count). The van der Waals surface area contributed by atoms with Gasteiger partial charge >= 0.3 is 0 Å². The Morgan fingerprint density at radius 1 is 1.00 bits per heavy atom. The predicted molar refractivity (Wildman–Crippen MR) is 121 cm³/mol. The topological polar surface area (TPSA) is 79.0 Å². The van der Waals surface area contributed by atoms with Gasteiger partial charge in [0.2, 0.25) is 10.0 Å². The van der Waals surface area contributed by atoms with Crippen LogP contribution in [-0.2, 0) is 14.8 Å². The summed E-state index contributed by atoms with van der Waals surface area (Å²) in [6.07, 6.45) is 2.81. The molecule has 2 saturated heterocycles. The smallest absolute Gasteiger partial charge is 0.255 e. The molecule has 1 N–H and O–H groups in total. The van der Waals surface area contributed by atoms with Crippen LogP contribution in [0.4, 0.5) is 11.4 Å². The first kappa shape index (κ1) is 21.8. The van der Waals surface area contributed by atoms with Crippen LogP contribution in [0, 0.1) is 0 Å². The zero-order valence-corrected chi connectivity index (χ0v) is 18.6. The molecule has 8 heteroatoms. The van der Waals surface area contributed by atoms with E-state index in [1.165, 1.54) is 12.1 Å². The van der Waals surface area contributed by atoms with Crippen LogP contribution in [0.1, 0.15) is 36.5 Å². The zero-order valence-electron chi connectivity index (χ0n) is 17.8. The molecule has 2 aliphatic heterocycles. The molecule has 1 amide bonds. The van der Waals surface area contributed by atoms with Gasteiger partial charge in [0.15, 0.2) is 0 Å². The van der Waals surface area contributed by atoms with Crippen molar-refractivity contribution in [2.45, 2.75) is 37.1 Å². The number of sulfonamides is 1. The number of benzene rings is 2. The standard InChI is InChI=1S/C23H29N3O4S/c1-18-6-4-5-13-26(18)31(28,29)20-11-9-19(10-12-20)23(27)24-21-7-2-3-8-22(21)25-14-16-30-17-15-25/h2-3,7-12,18H,4-6,13-17H2,1H3,(H,24,27)/t18-/m1/s1. The lowest BCUT2D eigenvalue weighted by Gasteiger charge is -2.32. The van der Waals surface area contributed by atoms with Crippen LogP contribution in [0.2, 0.25) is 0 Å². The molecule has 2 aliphatic rings. The maximum Gasteiger partial charge on any atom is 0.255 e. The summed E-state index contributed by atoms with van der Waals surface area (Å²) in [6, 6.07) is 13.9. The number of hydrogen-bond acceptors (Lipinski definition) is 5. The van der Waals surface area contributed by atoms with Gasteiger partial charge in [0.1, 0.15) is 0 Å². The van der Waals surface area contributed by atoms with Crippen LogP contribution in [0.5, 0.6) is 0 Å². The zero-order chi connectivity index (χ0) is 21.8. The third kappa shape index (κ3) is 4.76. The minimum Gasteiger partial charge on any atom is -0.378 e. The highest BCUT2D eigenvalue weighted by atomic mass is 32.2. The molecular formula is C23H29N3O4S.